The van der Waals surface area contributed by atoms with Crippen molar-refractivity contribution in [3.63, 3.8) is 0 Å². The number of halogens is 4. The van der Waals surface area contributed by atoms with Crippen LogP contribution in [-0.4, -0.2) is 18.5 Å². The van der Waals surface area contributed by atoms with Crippen LogP contribution < -0.4 is 4.90 Å². The smallest absolute Gasteiger partial charge is 0.341 e. The van der Waals surface area contributed by atoms with Crippen molar-refractivity contribution in [2.45, 2.75) is 13.1 Å². The number of rotatable bonds is 4. The number of ketones is 1. The van der Waals surface area contributed by atoms with Gasteiger partial charge in [-0.2, -0.15) is 13.2 Å². The third-order valence-corrected chi connectivity index (χ3v) is 3.14. The van der Waals surface area contributed by atoms with Crippen LogP contribution >= 0.6 is 0 Å². The van der Waals surface area contributed by atoms with E-state index >= 15 is 0 Å². The zero-order valence-electron chi connectivity index (χ0n) is 11.7. The van der Waals surface area contributed by atoms with Crippen LogP contribution in [0.5, 0.6) is 0 Å². The average molecular weight is 311 g/mol. The van der Waals surface area contributed by atoms with Crippen LogP contribution in [0.1, 0.15) is 17.3 Å². The molecule has 2 aromatic carbocycles. The van der Waals surface area contributed by atoms with Crippen LogP contribution in [0.2, 0.25) is 0 Å². The Morgan fingerprint density at radius 2 is 1.73 bits per heavy atom. The summed E-state index contributed by atoms with van der Waals surface area (Å²) in [6.07, 6.45) is -5.01. The Morgan fingerprint density at radius 1 is 1.09 bits per heavy atom. The molecule has 0 atom stereocenters. The summed E-state index contributed by atoms with van der Waals surface area (Å²) in [6.45, 7) is 1.99. The van der Waals surface area contributed by atoms with Crippen molar-refractivity contribution in [2.24, 2.45) is 0 Å². The second kappa shape index (κ2) is 6.17. The number of anilines is 2. The summed E-state index contributed by atoms with van der Waals surface area (Å²) in [4.78, 5) is 13.0. The molecule has 0 aromatic heterocycles. The van der Waals surface area contributed by atoms with Crippen molar-refractivity contribution >= 4 is 17.2 Å². The highest BCUT2D eigenvalue weighted by Gasteiger charge is 2.41. The van der Waals surface area contributed by atoms with E-state index in [-0.39, 0.29) is 12.2 Å². The Morgan fingerprint density at radius 3 is 2.27 bits per heavy atom. The Hall–Kier alpha value is -2.37. The highest BCUT2D eigenvalue weighted by atomic mass is 19.4. The number of alkyl halides is 3. The lowest BCUT2D eigenvalue weighted by Crippen LogP contribution is -2.26. The van der Waals surface area contributed by atoms with Gasteiger partial charge in [-0.3, -0.25) is 4.79 Å². The number of nitrogens with zero attached hydrogens (tertiary/aromatic N) is 1. The van der Waals surface area contributed by atoms with Crippen molar-refractivity contribution in [3.05, 3.63) is 59.9 Å². The molecule has 2 aromatic rings. The zero-order valence-corrected chi connectivity index (χ0v) is 11.7. The molecular weight excluding hydrogens is 298 g/mol. The quantitative estimate of drug-likeness (QED) is 0.601. The Balaban J connectivity index is 2.58. The standard InChI is InChI=1S/C16H13F4NO/c1-2-21(12-6-4-3-5-7-12)14-10-11(17)8-9-13(14)15(22)16(18,19)20/h3-10H,2H2,1H3. The van der Waals surface area contributed by atoms with E-state index in [9.17, 15) is 22.4 Å². The number of hydrogen-bond donors (Lipinski definition) is 0. The first-order valence-corrected chi connectivity index (χ1v) is 6.58. The summed E-state index contributed by atoms with van der Waals surface area (Å²) in [5.74, 6) is -2.69. The van der Waals surface area contributed by atoms with E-state index in [2.05, 4.69) is 0 Å². The first kappa shape index (κ1) is 16.0. The van der Waals surface area contributed by atoms with Crippen molar-refractivity contribution in [1.82, 2.24) is 0 Å². The maximum absolute atomic E-state index is 13.5. The number of Topliss-reactive ketones (excluding diaryl/α,β-unsaturated/α-hetero) is 1. The van der Waals surface area contributed by atoms with Gasteiger partial charge in [0.15, 0.2) is 0 Å². The van der Waals surface area contributed by atoms with Crippen LogP contribution in [0.4, 0.5) is 28.9 Å². The summed E-state index contributed by atoms with van der Waals surface area (Å²) in [5.41, 5.74) is -0.0950. The lowest BCUT2D eigenvalue weighted by atomic mass is 10.1. The van der Waals surface area contributed by atoms with Crippen LogP contribution in [0.15, 0.2) is 48.5 Å². The minimum atomic E-state index is -5.01. The van der Waals surface area contributed by atoms with Crippen molar-refractivity contribution in [2.75, 3.05) is 11.4 Å². The third-order valence-electron chi connectivity index (χ3n) is 3.14. The molecule has 0 heterocycles. The molecule has 0 N–H and O–H groups in total. The molecule has 0 aliphatic carbocycles. The van der Waals surface area contributed by atoms with Crippen LogP contribution in [0.25, 0.3) is 0 Å². The summed E-state index contributed by atoms with van der Waals surface area (Å²) in [5, 5.41) is 0. The van der Waals surface area contributed by atoms with Crippen LogP contribution in [0, 0.1) is 5.82 Å². The molecule has 2 rings (SSSR count). The van der Waals surface area contributed by atoms with E-state index in [1.807, 2.05) is 0 Å². The molecule has 0 bridgehead atoms. The second-order valence-electron chi connectivity index (χ2n) is 4.57. The Bertz CT molecular complexity index is 668. The van der Waals surface area contributed by atoms with Gasteiger partial charge in [-0.15, -0.1) is 0 Å². The normalized spacial score (nSPS) is 11.3. The monoisotopic (exact) mass is 311 g/mol. The molecule has 6 heteroatoms. The number of benzene rings is 2. The molecule has 116 valence electrons. The predicted molar refractivity (Wildman–Crippen MR) is 75.9 cm³/mol. The number of carbonyl (C=O) groups is 1. The molecule has 22 heavy (non-hydrogen) atoms. The molecule has 0 radical (unpaired) electrons. The van der Waals surface area contributed by atoms with Gasteiger partial charge in [-0.25, -0.2) is 4.39 Å². The fourth-order valence-electron chi connectivity index (χ4n) is 2.17. The van der Waals surface area contributed by atoms with Gasteiger partial charge in [0.05, 0.1) is 11.3 Å². The summed E-state index contributed by atoms with van der Waals surface area (Å²) >= 11 is 0. The highest BCUT2D eigenvalue weighted by Crippen LogP contribution is 2.33. The number of para-hydroxylation sites is 1. The summed E-state index contributed by atoms with van der Waals surface area (Å²) in [7, 11) is 0. The lowest BCUT2D eigenvalue weighted by Gasteiger charge is -2.25. The van der Waals surface area contributed by atoms with Gasteiger partial charge in [0, 0.05) is 12.2 Å². The third kappa shape index (κ3) is 3.27. The minimum absolute atomic E-state index is 0.101. The SMILES string of the molecule is CCN(c1ccccc1)c1cc(F)ccc1C(=O)C(F)(F)F. The summed E-state index contributed by atoms with van der Waals surface area (Å²) in [6, 6.07) is 11.2. The average Bonchev–Trinajstić information content (AvgIpc) is 2.48. The Kier molecular flexibility index (Phi) is 4.49. The zero-order chi connectivity index (χ0) is 16.3. The molecule has 0 aliphatic rings. The molecular formula is C16H13F4NO. The van der Waals surface area contributed by atoms with Gasteiger partial charge in [-0.05, 0) is 37.3 Å². The largest absolute Gasteiger partial charge is 0.454 e. The fourth-order valence-corrected chi connectivity index (χ4v) is 2.17. The first-order valence-electron chi connectivity index (χ1n) is 6.58. The van der Waals surface area contributed by atoms with Crippen molar-refractivity contribution in [1.29, 1.82) is 0 Å². The van der Waals surface area contributed by atoms with Gasteiger partial charge in [0.25, 0.3) is 5.78 Å². The molecule has 0 saturated carbocycles. The van der Waals surface area contributed by atoms with Gasteiger partial charge < -0.3 is 4.90 Å². The summed E-state index contributed by atoms with van der Waals surface area (Å²) < 4.78 is 51.7. The fraction of sp³-hybridized carbons (Fsp3) is 0.188. The number of carbonyl (C=O) groups excluding carboxylic acids is 1. The number of hydrogen-bond acceptors (Lipinski definition) is 2. The first-order chi connectivity index (χ1) is 10.3. The molecule has 0 amide bonds. The van der Waals surface area contributed by atoms with E-state index in [1.54, 1.807) is 37.3 Å². The Labute approximate surface area is 125 Å². The molecule has 0 unspecified atom stereocenters. The van der Waals surface area contributed by atoms with E-state index in [4.69, 9.17) is 0 Å². The second-order valence-corrected chi connectivity index (χ2v) is 4.57. The molecule has 0 aliphatic heterocycles. The van der Waals surface area contributed by atoms with Crippen LogP contribution in [-0.2, 0) is 0 Å². The minimum Gasteiger partial charge on any atom is -0.341 e. The predicted octanol–water partition coefficient (Wildman–Crippen LogP) is 4.73. The van der Waals surface area contributed by atoms with Crippen molar-refractivity contribution in [3.8, 4) is 0 Å². The molecule has 0 fully saturated rings. The van der Waals surface area contributed by atoms with Crippen LogP contribution in [0.3, 0.4) is 0 Å². The maximum Gasteiger partial charge on any atom is 0.454 e. The van der Waals surface area contributed by atoms with E-state index < -0.39 is 23.3 Å². The van der Waals surface area contributed by atoms with E-state index in [0.29, 0.717) is 5.69 Å². The van der Waals surface area contributed by atoms with Gasteiger partial charge in [0.2, 0.25) is 0 Å². The maximum atomic E-state index is 13.5. The molecule has 0 spiro atoms. The topological polar surface area (TPSA) is 20.3 Å². The van der Waals surface area contributed by atoms with Gasteiger partial charge in [0.1, 0.15) is 5.82 Å². The lowest BCUT2D eigenvalue weighted by molar-refractivity contribution is -0.0884. The van der Waals surface area contributed by atoms with E-state index in [1.165, 1.54) is 4.90 Å². The van der Waals surface area contributed by atoms with Crippen molar-refractivity contribution < 1.29 is 22.4 Å². The molecule has 0 saturated heterocycles. The van der Waals surface area contributed by atoms with Gasteiger partial charge in [-0.1, -0.05) is 18.2 Å². The molecule has 2 nitrogen and oxygen atoms in total. The van der Waals surface area contributed by atoms with E-state index in [0.717, 1.165) is 18.2 Å². The van der Waals surface area contributed by atoms with Gasteiger partial charge >= 0.3 is 6.18 Å². The highest BCUT2D eigenvalue weighted by molar-refractivity contribution is 6.05.